The van der Waals surface area contributed by atoms with Crippen molar-refractivity contribution in [1.29, 1.82) is 0 Å². The number of halogens is 5. The molecular formula is C30H28F5N3O4. The normalized spacial score (nSPS) is 15.7. The summed E-state index contributed by atoms with van der Waals surface area (Å²) < 4.78 is 69.8. The SMILES string of the molecule is CC(C(=O)NCC(F)(F)C(F)(F)F)C(=O)N[C@@H]1C(=O)N(CCOCc2ccccc2)c2ccccc2-c2ccccc21. The Morgan fingerprint density at radius 1 is 0.881 bits per heavy atom. The van der Waals surface area contributed by atoms with Gasteiger partial charge in [0.05, 0.1) is 25.4 Å². The average molecular weight is 590 g/mol. The van der Waals surface area contributed by atoms with Crippen molar-refractivity contribution in [2.75, 3.05) is 24.6 Å². The number of fused-ring (bicyclic) bond motifs is 3. The third-order valence-corrected chi connectivity index (χ3v) is 6.81. The van der Waals surface area contributed by atoms with Crippen molar-refractivity contribution in [3.8, 4) is 11.1 Å². The second-order valence-corrected chi connectivity index (χ2v) is 9.72. The van der Waals surface area contributed by atoms with Gasteiger partial charge in [-0.1, -0.05) is 72.8 Å². The van der Waals surface area contributed by atoms with Crippen LogP contribution in [0.1, 0.15) is 24.1 Å². The summed E-state index contributed by atoms with van der Waals surface area (Å²) in [4.78, 5) is 40.8. The van der Waals surface area contributed by atoms with Crippen LogP contribution >= 0.6 is 0 Å². The topological polar surface area (TPSA) is 87.7 Å². The molecule has 12 heteroatoms. The first-order valence-corrected chi connectivity index (χ1v) is 13.0. The van der Waals surface area contributed by atoms with E-state index in [-0.39, 0.29) is 13.2 Å². The molecule has 0 fully saturated rings. The van der Waals surface area contributed by atoms with Gasteiger partial charge >= 0.3 is 12.1 Å². The molecule has 4 rings (SSSR count). The highest BCUT2D eigenvalue weighted by atomic mass is 19.4. The van der Waals surface area contributed by atoms with Gasteiger partial charge in [-0.15, -0.1) is 0 Å². The minimum Gasteiger partial charge on any atom is -0.375 e. The first kappa shape index (κ1) is 30.6. The van der Waals surface area contributed by atoms with Gasteiger partial charge < -0.3 is 20.3 Å². The van der Waals surface area contributed by atoms with E-state index in [2.05, 4.69) is 5.32 Å². The molecule has 3 aromatic rings. The number of rotatable bonds is 10. The number of hydrogen-bond donors (Lipinski definition) is 2. The molecular weight excluding hydrogens is 561 g/mol. The molecule has 0 aromatic heterocycles. The van der Waals surface area contributed by atoms with Crippen molar-refractivity contribution in [1.82, 2.24) is 10.6 Å². The Kier molecular flexibility index (Phi) is 9.25. The molecule has 1 aliphatic heterocycles. The van der Waals surface area contributed by atoms with Crippen LogP contribution in [-0.2, 0) is 25.7 Å². The lowest BCUT2D eigenvalue weighted by molar-refractivity contribution is -0.278. The summed E-state index contributed by atoms with van der Waals surface area (Å²) in [6.07, 6.45) is -5.87. The molecule has 0 saturated carbocycles. The van der Waals surface area contributed by atoms with Crippen molar-refractivity contribution < 1.29 is 41.1 Å². The van der Waals surface area contributed by atoms with Crippen LogP contribution in [0.15, 0.2) is 78.9 Å². The zero-order chi connectivity index (χ0) is 30.5. The summed E-state index contributed by atoms with van der Waals surface area (Å²) in [6, 6.07) is 22.1. The summed E-state index contributed by atoms with van der Waals surface area (Å²) in [5.41, 5.74) is 3.28. The Morgan fingerprint density at radius 3 is 2.19 bits per heavy atom. The number of carbonyl (C=O) groups excluding carboxylic acids is 3. The Labute approximate surface area is 238 Å². The van der Waals surface area contributed by atoms with Gasteiger partial charge in [-0.05, 0) is 29.7 Å². The minimum absolute atomic E-state index is 0.117. The molecule has 7 nitrogen and oxygen atoms in total. The second-order valence-electron chi connectivity index (χ2n) is 9.72. The lowest BCUT2D eigenvalue weighted by atomic mass is 9.95. The van der Waals surface area contributed by atoms with Crippen LogP contribution in [-0.4, -0.2) is 49.5 Å². The van der Waals surface area contributed by atoms with Gasteiger partial charge in [0.25, 0.3) is 5.91 Å². The van der Waals surface area contributed by atoms with Gasteiger partial charge in [0, 0.05) is 12.1 Å². The Balaban J connectivity index is 1.54. The highest BCUT2D eigenvalue weighted by Crippen LogP contribution is 2.40. The fourth-order valence-electron chi connectivity index (χ4n) is 4.47. The maximum absolute atomic E-state index is 14.0. The van der Waals surface area contributed by atoms with Crippen LogP contribution < -0.4 is 15.5 Å². The lowest BCUT2D eigenvalue weighted by Gasteiger charge is -2.27. The molecule has 1 heterocycles. The quantitative estimate of drug-likeness (QED) is 0.198. The number of anilines is 1. The van der Waals surface area contributed by atoms with E-state index in [9.17, 15) is 36.3 Å². The fourth-order valence-corrected chi connectivity index (χ4v) is 4.47. The van der Waals surface area contributed by atoms with Crippen molar-refractivity contribution in [2.24, 2.45) is 5.92 Å². The zero-order valence-electron chi connectivity index (χ0n) is 22.5. The molecule has 42 heavy (non-hydrogen) atoms. The van der Waals surface area contributed by atoms with E-state index in [1.807, 2.05) is 36.4 Å². The van der Waals surface area contributed by atoms with E-state index in [4.69, 9.17) is 4.74 Å². The van der Waals surface area contributed by atoms with Gasteiger partial charge in [0.2, 0.25) is 11.8 Å². The number of nitrogens with one attached hydrogen (secondary N) is 2. The maximum Gasteiger partial charge on any atom is 0.455 e. The molecule has 1 unspecified atom stereocenters. The molecule has 2 atom stereocenters. The van der Waals surface area contributed by atoms with Crippen molar-refractivity contribution >= 4 is 23.4 Å². The number of carbonyl (C=O) groups is 3. The highest BCUT2D eigenvalue weighted by molar-refractivity contribution is 6.08. The number of ether oxygens (including phenoxy) is 1. The van der Waals surface area contributed by atoms with E-state index in [0.29, 0.717) is 29.0 Å². The standard InChI is InChI=1S/C30H28F5N3O4/c1-19(26(39)36-18-29(31,32)30(33,34)35)27(40)37-25-23-13-6-5-11-21(23)22-12-7-8-14-24(22)38(28(25)41)15-16-42-17-20-9-3-2-4-10-20/h2-14,19,25H,15-18H2,1H3,(H,36,39)(H,37,40)/t19?,25-/m0/s1. The third kappa shape index (κ3) is 6.76. The van der Waals surface area contributed by atoms with Crippen molar-refractivity contribution in [3.63, 3.8) is 0 Å². The van der Waals surface area contributed by atoms with Crippen LogP contribution in [0.5, 0.6) is 0 Å². The smallest absolute Gasteiger partial charge is 0.375 e. The van der Waals surface area contributed by atoms with Gasteiger partial charge in [-0.3, -0.25) is 14.4 Å². The average Bonchev–Trinajstić information content (AvgIpc) is 3.06. The molecule has 0 aliphatic carbocycles. The van der Waals surface area contributed by atoms with Gasteiger partial charge in [0.15, 0.2) is 0 Å². The largest absolute Gasteiger partial charge is 0.455 e. The summed E-state index contributed by atoms with van der Waals surface area (Å²) in [5, 5.41) is 3.99. The minimum atomic E-state index is -5.87. The first-order valence-electron chi connectivity index (χ1n) is 13.0. The number of alkyl halides is 5. The van der Waals surface area contributed by atoms with Crippen molar-refractivity contribution in [2.45, 2.75) is 31.7 Å². The summed E-state index contributed by atoms with van der Waals surface area (Å²) in [6.45, 7) is -0.396. The summed E-state index contributed by atoms with van der Waals surface area (Å²) >= 11 is 0. The molecule has 3 aromatic carbocycles. The van der Waals surface area contributed by atoms with E-state index < -0.39 is 48.3 Å². The highest BCUT2D eigenvalue weighted by Gasteiger charge is 2.57. The number of benzene rings is 3. The summed E-state index contributed by atoms with van der Waals surface area (Å²) in [5.74, 6) is -9.77. The molecule has 0 radical (unpaired) electrons. The molecule has 0 bridgehead atoms. The molecule has 2 N–H and O–H groups in total. The molecule has 0 saturated heterocycles. The zero-order valence-corrected chi connectivity index (χ0v) is 22.5. The Hall–Kier alpha value is -4.32. The van der Waals surface area contributed by atoms with Gasteiger partial charge in [-0.25, -0.2) is 0 Å². The second kappa shape index (κ2) is 12.7. The van der Waals surface area contributed by atoms with E-state index >= 15 is 0 Å². The van der Waals surface area contributed by atoms with Crippen LogP contribution in [0.3, 0.4) is 0 Å². The first-order chi connectivity index (χ1) is 19.9. The van der Waals surface area contributed by atoms with Crippen LogP contribution in [0.25, 0.3) is 11.1 Å². The Morgan fingerprint density at radius 2 is 1.50 bits per heavy atom. The van der Waals surface area contributed by atoms with E-state index in [1.165, 1.54) is 10.2 Å². The predicted molar refractivity (Wildman–Crippen MR) is 144 cm³/mol. The van der Waals surface area contributed by atoms with Crippen LogP contribution in [0.4, 0.5) is 27.6 Å². The van der Waals surface area contributed by atoms with E-state index in [0.717, 1.165) is 12.5 Å². The Bertz CT molecular complexity index is 1430. The number of para-hydroxylation sites is 1. The molecule has 222 valence electrons. The van der Waals surface area contributed by atoms with E-state index in [1.54, 1.807) is 42.5 Å². The predicted octanol–water partition coefficient (Wildman–Crippen LogP) is 5.02. The summed E-state index contributed by atoms with van der Waals surface area (Å²) in [7, 11) is 0. The molecule has 0 spiro atoms. The van der Waals surface area contributed by atoms with Crippen LogP contribution in [0.2, 0.25) is 0 Å². The van der Waals surface area contributed by atoms with Crippen molar-refractivity contribution in [3.05, 3.63) is 90.0 Å². The lowest BCUT2D eigenvalue weighted by Crippen LogP contribution is -2.50. The molecule has 3 amide bonds. The van der Waals surface area contributed by atoms with Gasteiger partial charge in [0.1, 0.15) is 12.0 Å². The number of nitrogens with zero attached hydrogens (tertiary/aromatic N) is 1. The maximum atomic E-state index is 14.0. The number of hydrogen-bond acceptors (Lipinski definition) is 4. The monoisotopic (exact) mass is 589 g/mol. The third-order valence-electron chi connectivity index (χ3n) is 6.81. The van der Waals surface area contributed by atoms with Crippen LogP contribution in [0, 0.1) is 5.92 Å². The van der Waals surface area contributed by atoms with Gasteiger partial charge in [-0.2, -0.15) is 22.0 Å². The fraction of sp³-hybridized carbons (Fsp3) is 0.300. The molecule has 1 aliphatic rings. The number of amides is 3.